The molecule has 0 aliphatic carbocycles. The van der Waals surface area contributed by atoms with Gasteiger partial charge >= 0.3 is 0 Å². The van der Waals surface area contributed by atoms with E-state index in [1.165, 1.54) is 38.8 Å². The molecular weight excluding hydrogens is 188 g/mol. The van der Waals surface area contributed by atoms with Gasteiger partial charge in [-0.3, -0.25) is 0 Å². The Balaban J connectivity index is 1.75. The molecule has 3 nitrogen and oxygen atoms in total. The highest BCUT2D eigenvalue weighted by Gasteiger charge is 2.31. The first-order valence-corrected chi connectivity index (χ1v) is 6.24. The van der Waals surface area contributed by atoms with Gasteiger partial charge in [-0.1, -0.05) is 0 Å². The van der Waals surface area contributed by atoms with Crippen LogP contribution in [0, 0.1) is 0 Å². The quantitative estimate of drug-likeness (QED) is 0.732. The Kier molecular flexibility index (Phi) is 3.33. The molecule has 2 heterocycles. The lowest BCUT2D eigenvalue weighted by atomic mass is 9.97. The van der Waals surface area contributed by atoms with Gasteiger partial charge in [0.15, 0.2) is 0 Å². The Morgan fingerprint density at radius 3 is 2.87 bits per heavy atom. The predicted molar refractivity (Wildman–Crippen MR) is 61.9 cm³/mol. The average molecular weight is 212 g/mol. The molecule has 0 aromatic heterocycles. The van der Waals surface area contributed by atoms with Crippen molar-refractivity contribution in [2.75, 3.05) is 19.6 Å². The Morgan fingerprint density at radius 1 is 1.33 bits per heavy atom. The zero-order valence-electron chi connectivity index (χ0n) is 10.00. The van der Waals surface area contributed by atoms with E-state index in [9.17, 15) is 5.11 Å². The number of piperidine rings is 1. The Hall–Kier alpha value is -0.120. The van der Waals surface area contributed by atoms with Crippen LogP contribution in [0.5, 0.6) is 0 Å². The van der Waals surface area contributed by atoms with Crippen molar-refractivity contribution in [1.82, 2.24) is 10.2 Å². The Labute approximate surface area is 92.8 Å². The van der Waals surface area contributed by atoms with E-state index in [4.69, 9.17) is 0 Å². The molecule has 0 aromatic carbocycles. The molecule has 0 radical (unpaired) electrons. The van der Waals surface area contributed by atoms with Crippen LogP contribution in [-0.2, 0) is 0 Å². The van der Waals surface area contributed by atoms with Crippen LogP contribution in [0.3, 0.4) is 0 Å². The summed E-state index contributed by atoms with van der Waals surface area (Å²) in [6.45, 7) is 7.00. The van der Waals surface area contributed by atoms with Gasteiger partial charge in [-0.2, -0.15) is 0 Å². The smallest absolute Gasteiger partial charge is 0.0715 e. The third-order valence-corrected chi connectivity index (χ3v) is 3.64. The van der Waals surface area contributed by atoms with Gasteiger partial charge in [-0.05, 0) is 52.6 Å². The van der Waals surface area contributed by atoms with Gasteiger partial charge in [-0.15, -0.1) is 0 Å². The van der Waals surface area contributed by atoms with Crippen LogP contribution in [-0.4, -0.2) is 47.3 Å². The van der Waals surface area contributed by atoms with E-state index in [1.807, 2.05) is 13.8 Å². The first kappa shape index (κ1) is 11.4. The molecule has 15 heavy (non-hydrogen) atoms. The van der Waals surface area contributed by atoms with Gasteiger partial charge in [0, 0.05) is 18.6 Å². The minimum absolute atomic E-state index is 0.577. The maximum Gasteiger partial charge on any atom is 0.0715 e. The Morgan fingerprint density at radius 2 is 2.13 bits per heavy atom. The van der Waals surface area contributed by atoms with Gasteiger partial charge in [-0.25, -0.2) is 0 Å². The Bertz CT molecular complexity index is 212. The van der Waals surface area contributed by atoms with Crippen molar-refractivity contribution in [3.05, 3.63) is 0 Å². The first-order chi connectivity index (χ1) is 7.04. The summed E-state index contributed by atoms with van der Waals surface area (Å²) >= 11 is 0. The van der Waals surface area contributed by atoms with Crippen LogP contribution in [0.1, 0.15) is 39.5 Å². The second-order valence-corrected chi connectivity index (χ2v) is 5.75. The number of nitrogens with one attached hydrogen (secondary N) is 1. The summed E-state index contributed by atoms with van der Waals surface area (Å²) in [6, 6.07) is 1.44. The number of aliphatic hydroxyl groups is 1. The molecule has 88 valence electrons. The average Bonchev–Trinajstić information content (AvgIpc) is 2.60. The molecule has 0 aromatic rings. The van der Waals surface area contributed by atoms with Crippen molar-refractivity contribution in [3.8, 4) is 0 Å². The highest BCUT2D eigenvalue weighted by molar-refractivity contribution is 4.89. The summed E-state index contributed by atoms with van der Waals surface area (Å²) in [6.07, 6.45) is 5.27. The predicted octanol–water partition coefficient (Wildman–Crippen LogP) is 0.974. The lowest BCUT2D eigenvalue weighted by molar-refractivity contribution is 0.0693. The minimum atomic E-state index is -0.577. The van der Waals surface area contributed by atoms with E-state index in [0.29, 0.717) is 12.6 Å². The zero-order valence-corrected chi connectivity index (χ0v) is 10.00. The molecule has 2 saturated heterocycles. The van der Waals surface area contributed by atoms with E-state index in [2.05, 4.69) is 10.2 Å². The van der Waals surface area contributed by atoms with E-state index >= 15 is 0 Å². The van der Waals surface area contributed by atoms with E-state index in [0.717, 1.165) is 6.04 Å². The third kappa shape index (κ3) is 3.16. The van der Waals surface area contributed by atoms with Gasteiger partial charge in [0.25, 0.3) is 0 Å². The molecule has 0 amide bonds. The fourth-order valence-electron chi connectivity index (χ4n) is 2.80. The molecular formula is C12H24N2O. The first-order valence-electron chi connectivity index (χ1n) is 6.24. The van der Waals surface area contributed by atoms with Crippen LogP contribution in [0.2, 0.25) is 0 Å². The largest absolute Gasteiger partial charge is 0.389 e. The van der Waals surface area contributed by atoms with Crippen LogP contribution in [0.25, 0.3) is 0 Å². The maximum atomic E-state index is 9.66. The normalized spacial score (nSPS) is 33.0. The highest BCUT2D eigenvalue weighted by atomic mass is 16.3. The van der Waals surface area contributed by atoms with Crippen LogP contribution in [0.15, 0.2) is 0 Å². The number of hydrogen-bond acceptors (Lipinski definition) is 3. The van der Waals surface area contributed by atoms with Crippen molar-refractivity contribution in [1.29, 1.82) is 0 Å². The molecule has 2 unspecified atom stereocenters. The van der Waals surface area contributed by atoms with Crippen molar-refractivity contribution in [3.63, 3.8) is 0 Å². The van der Waals surface area contributed by atoms with Gasteiger partial charge < -0.3 is 15.3 Å². The topological polar surface area (TPSA) is 35.5 Å². The van der Waals surface area contributed by atoms with Crippen LogP contribution < -0.4 is 5.32 Å². The molecule has 2 atom stereocenters. The second kappa shape index (κ2) is 4.40. The molecule has 0 spiro atoms. The zero-order chi connectivity index (χ0) is 10.9. The standard InChI is InChI=1S/C12H24N2O/c1-12(2,15)9-13-10-5-7-14-6-3-4-11(14)8-10/h10-11,13,15H,3-9H2,1-2H3. The SMILES string of the molecule is CC(C)(O)CNC1CCN2CCCC2C1. The monoisotopic (exact) mass is 212 g/mol. The molecule has 2 aliphatic rings. The van der Waals surface area contributed by atoms with Crippen molar-refractivity contribution in [2.45, 2.75) is 57.2 Å². The van der Waals surface area contributed by atoms with Gasteiger partial charge in [0.2, 0.25) is 0 Å². The van der Waals surface area contributed by atoms with E-state index < -0.39 is 5.60 Å². The molecule has 2 N–H and O–H groups in total. The number of hydrogen-bond donors (Lipinski definition) is 2. The molecule has 0 saturated carbocycles. The van der Waals surface area contributed by atoms with Crippen LogP contribution in [0.4, 0.5) is 0 Å². The number of rotatable bonds is 3. The molecule has 2 fully saturated rings. The summed E-state index contributed by atoms with van der Waals surface area (Å²) in [5, 5.41) is 13.2. The summed E-state index contributed by atoms with van der Waals surface area (Å²) in [4.78, 5) is 2.63. The van der Waals surface area contributed by atoms with E-state index in [1.54, 1.807) is 0 Å². The summed E-state index contributed by atoms with van der Waals surface area (Å²) in [5.74, 6) is 0. The molecule has 0 bridgehead atoms. The van der Waals surface area contributed by atoms with Crippen molar-refractivity contribution < 1.29 is 5.11 Å². The maximum absolute atomic E-state index is 9.66. The second-order valence-electron chi connectivity index (χ2n) is 5.75. The lowest BCUT2D eigenvalue weighted by Gasteiger charge is -2.36. The lowest BCUT2D eigenvalue weighted by Crippen LogP contribution is -2.48. The summed E-state index contributed by atoms with van der Waals surface area (Å²) in [5.41, 5.74) is -0.577. The van der Waals surface area contributed by atoms with Gasteiger partial charge in [0.05, 0.1) is 5.60 Å². The number of fused-ring (bicyclic) bond motifs is 1. The summed E-state index contributed by atoms with van der Waals surface area (Å²) < 4.78 is 0. The molecule has 2 rings (SSSR count). The van der Waals surface area contributed by atoms with Crippen LogP contribution >= 0.6 is 0 Å². The van der Waals surface area contributed by atoms with Crippen molar-refractivity contribution in [2.24, 2.45) is 0 Å². The van der Waals surface area contributed by atoms with Gasteiger partial charge in [0.1, 0.15) is 0 Å². The highest BCUT2D eigenvalue weighted by Crippen LogP contribution is 2.26. The fraction of sp³-hybridized carbons (Fsp3) is 1.00. The fourth-order valence-corrected chi connectivity index (χ4v) is 2.80. The van der Waals surface area contributed by atoms with E-state index in [-0.39, 0.29) is 0 Å². The van der Waals surface area contributed by atoms with Crippen molar-refractivity contribution >= 4 is 0 Å². The molecule has 3 heteroatoms. The third-order valence-electron chi connectivity index (χ3n) is 3.64. The minimum Gasteiger partial charge on any atom is -0.389 e. The number of nitrogens with zero attached hydrogens (tertiary/aromatic N) is 1. The summed E-state index contributed by atoms with van der Waals surface area (Å²) in [7, 11) is 0. The molecule has 2 aliphatic heterocycles.